The lowest BCUT2D eigenvalue weighted by Crippen LogP contribution is -2.32. The van der Waals surface area contributed by atoms with Gasteiger partial charge in [-0.25, -0.2) is 4.79 Å². The zero-order valence-corrected chi connectivity index (χ0v) is 20.0. The summed E-state index contributed by atoms with van der Waals surface area (Å²) >= 11 is 3.27. The van der Waals surface area contributed by atoms with E-state index in [9.17, 15) is 14.4 Å². The highest BCUT2D eigenvalue weighted by atomic mass is 32.2. The van der Waals surface area contributed by atoms with E-state index < -0.39 is 12.0 Å². The van der Waals surface area contributed by atoms with Crippen molar-refractivity contribution >= 4 is 46.0 Å². The minimum absolute atomic E-state index is 0.105. The minimum atomic E-state index is -0.765. The molecule has 0 radical (unpaired) electrons. The molecule has 3 rings (SSSR count). The first-order valence-electron chi connectivity index (χ1n) is 11.1. The van der Waals surface area contributed by atoms with Crippen molar-refractivity contribution in [2.75, 3.05) is 17.7 Å². The molecule has 1 aromatic heterocycles. The molecule has 0 aliphatic heterocycles. The van der Waals surface area contributed by atoms with Gasteiger partial charge in [0.15, 0.2) is 0 Å². The summed E-state index contributed by atoms with van der Waals surface area (Å²) in [6.45, 7) is 1.87. The van der Waals surface area contributed by atoms with Crippen LogP contribution in [0, 0.1) is 0 Å². The molecule has 2 aromatic rings. The van der Waals surface area contributed by atoms with Crippen LogP contribution in [0.4, 0.5) is 9.80 Å². The minimum Gasteiger partial charge on any atom is -0.450 e. The normalized spacial score (nSPS) is 13.0. The quantitative estimate of drug-likeness (QED) is 0.367. The average molecular weight is 475 g/mol. The third kappa shape index (κ3) is 7.10. The Labute approximate surface area is 197 Å². The molecule has 1 aliphatic carbocycles. The van der Waals surface area contributed by atoms with Crippen LogP contribution in [0.25, 0.3) is 0 Å². The first-order valence-corrected chi connectivity index (χ1v) is 13.1. The molecule has 32 heavy (non-hydrogen) atoms. The Morgan fingerprint density at radius 2 is 1.88 bits per heavy atom. The first-order chi connectivity index (χ1) is 15.6. The Balaban J connectivity index is 1.58. The van der Waals surface area contributed by atoms with E-state index in [1.54, 1.807) is 18.7 Å². The predicted molar refractivity (Wildman–Crippen MR) is 131 cm³/mol. The molecule has 1 aromatic carbocycles. The summed E-state index contributed by atoms with van der Waals surface area (Å²) in [6, 6.07) is 10.3. The van der Waals surface area contributed by atoms with Gasteiger partial charge in [-0.2, -0.15) is 11.8 Å². The van der Waals surface area contributed by atoms with Gasteiger partial charge >= 0.3 is 6.09 Å². The van der Waals surface area contributed by atoms with Gasteiger partial charge in [0.05, 0.1) is 12.2 Å². The molecule has 0 fully saturated rings. The smallest absolute Gasteiger partial charge is 0.414 e. The number of thioether (sulfide) groups is 1. The number of anilines is 1. The zero-order chi connectivity index (χ0) is 22.8. The Morgan fingerprint density at radius 1 is 1.09 bits per heavy atom. The fraction of sp³-hybridized carbons (Fsp3) is 0.458. The number of ether oxygens (including phenoxy) is 1. The van der Waals surface area contributed by atoms with Crippen LogP contribution in [0.15, 0.2) is 30.3 Å². The molecule has 0 atom stereocenters. The Morgan fingerprint density at radius 3 is 2.66 bits per heavy atom. The van der Waals surface area contributed by atoms with E-state index in [0.29, 0.717) is 17.0 Å². The van der Waals surface area contributed by atoms with Crippen molar-refractivity contribution < 1.29 is 19.1 Å². The standard InChI is InChI=1S/C24H30N2O4S2/c1-2-30-24(29)26-22(28)21-18-12-7-4-8-13-19(18)32-23(21)25-20(27)14-9-15-31-16-17-10-5-3-6-11-17/h3,5-6,10-11H,2,4,7-9,12-16H2,1H3,(H,25,27)(H,26,28,29). The summed E-state index contributed by atoms with van der Waals surface area (Å²) in [5.41, 5.74) is 2.66. The van der Waals surface area contributed by atoms with E-state index in [1.807, 2.05) is 18.2 Å². The SMILES string of the molecule is CCOC(=O)NC(=O)c1c(NC(=O)CCCSCc2ccccc2)sc2c1CCCCC2. The van der Waals surface area contributed by atoms with Crippen LogP contribution in [0.2, 0.25) is 0 Å². The molecule has 0 unspecified atom stereocenters. The van der Waals surface area contributed by atoms with E-state index in [-0.39, 0.29) is 12.5 Å². The van der Waals surface area contributed by atoms with Crippen LogP contribution in [-0.4, -0.2) is 30.3 Å². The van der Waals surface area contributed by atoms with Crippen molar-refractivity contribution in [2.24, 2.45) is 0 Å². The molecule has 172 valence electrons. The average Bonchev–Trinajstić information content (AvgIpc) is 2.94. The Bertz CT molecular complexity index is 928. The van der Waals surface area contributed by atoms with E-state index >= 15 is 0 Å². The van der Waals surface area contributed by atoms with Crippen molar-refractivity contribution in [1.82, 2.24) is 5.32 Å². The number of carbonyl (C=O) groups is 3. The number of benzene rings is 1. The summed E-state index contributed by atoms with van der Waals surface area (Å²) < 4.78 is 4.85. The fourth-order valence-electron chi connectivity index (χ4n) is 3.68. The molecule has 6 nitrogen and oxygen atoms in total. The van der Waals surface area contributed by atoms with Crippen molar-refractivity contribution in [3.63, 3.8) is 0 Å². The first kappa shape index (κ1) is 24.3. The molecule has 2 N–H and O–H groups in total. The number of hydrogen-bond donors (Lipinski definition) is 2. The highest BCUT2D eigenvalue weighted by molar-refractivity contribution is 7.98. The maximum Gasteiger partial charge on any atom is 0.414 e. The number of thiophene rings is 1. The number of nitrogens with one attached hydrogen (secondary N) is 2. The predicted octanol–water partition coefficient (Wildman–Crippen LogP) is 5.56. The van der Waals surface area contributed by atoms with E-state index in [4.69, 9.17) is 4.74 Å². The summed E-state index contributed by atoms with van der Waals surface area (Å²) in [7, 11) is 0. The van der Waals surface area contributed by atoms with Crippen LogP contribution >= 0.6 is 23.1 Å². The summed E-state index contributed by atoms with van der Waals surface area (Å²) in [5.74, 6) is 1.21. The molecule has 1 heterocycles. The van der Waals surface area contributed by atoms with Crippen molar-refractivity contribution in [1.29, 1.82) is 0 Å². The van der Waals surface area contributed by atoms with E-state index in [1.165, 1.54) is 16.9 Å². The summed E-state index contributed by atoms with van der Waals surface area (Å²) in [6.07, 6.45) is 5.24. The molecular formula is C24H30N2O4S2. The lowest BCUT2D eigenvalue weighted by Gasteiger charge is -2.09. The molecule has 0 spiro atoms. The number of carbonyl (C=O) groups excluding carboxylic acids is 3. The third-order valence-corrected chi connectivity index (χ3v) is 7.52. The van der Waals surface area contributed by atoms with Gasteiger partial charge in [0.1, 0.15) is 5.00 Å². The monoisotopic (exact) mass is 474 g/mol. The van der Waals surface area contributed by atoms with Crippen LogP contribution in [0.5, 0.6) is 0 Å². The number of amides is 3. The second-order valence-electron chi connectivity index (χ2n) is 7.63. The number of aryl methyl sites for hydroxylation is 1. The van der Waals surface area contributed by atoms with Crippen molar-refractivity contribution in [3.05, 3.63) is 51.9 Å². The number of fused-ring (bicyclic) bond motifs is 1. The number of rotatable bonds is 9. The number of imide groups is 1. The van der Waals surface area contributed by atoms with Gasteiger partial charge < -0.3 is 10.1 Å². The molecule has 1 aliphatic rings. The highest BCUT2D eigenvalue weighted by Crippen LogP contribution is 2.37. The van der Waals surface area contributed by atoms with Crippen molar-refractivity contribution in [2.45, 2.75) is 57.6 Å². The van der Waals surface area contributed by atoms with Gasteiger partial charge in [-0.15, -0.1) is 11.3 Å². The van der Waals surface area contributed by atoms with Crippen LogP contribution in [-0.2, 0) is 28.1 Å². The van der Waals surface area contributed by atoms with Gasteiger partial charge in [0.2, 0.25) is 5.91 Å². The molecule has 0 saturated heterocycles. The van der Waals surface area contributed by atoms with Gasteiger partial charge in [0.25, 0.3) is 5.91 Å². The van der Waals surface area contributed by atoms with Gasteiger partial charge in [-0.05, 0) is 55.9 Å². The van der Waals surface area contributed by atoms with Gasteiger partial charge in [-0.1, -0.05) is 36.8 Å². The largest absolute Gasteiger partial charge is 0.450 e. The van der Waals surface area contributed by atoms with Gasteiger partial charge in [-0.3, -0.25) is 14.9 Å². The Hall–Kier alpha value is -2.32. The van der Waals surface area contributed by atoms with Crippen LogP contribution in [0.1, 0.15) is 65.4 Å². The molecule has 0 saturated carbocycles. The van der Waals surface area contributed by atoms with Crippen LogP contribution < -0.4 is 10.6 Å². The topological polar surface area (TPSA) is 84.5 Å². The second kappa shape index (κ2) is 12.6. The maximum absolute atomic E-state index is 12.9. The molecular weight excluding hydrogens is 444 g/mol. The van der Waals surface area contributed by atoms with Gasteiger partial charge in [0, 0.05) is 17.1 Å². The molecule has 3 amide bonds. The number of alkyl carbamates (subject to hydrolysis) is 1. The number of hydrogen-bond acceptors (Lipinski definition) is 6. The lowest BCUT2D eigenvalue weighted by molar-refractivity contribution is -0.116. The molecule has 0 bridgehead atoms. The fourth-order valence-corrected chi connectivity index (χ4v) is 5.91. The van der Waals surface area contributed by atoms with E-state index in [0.717, 1.165) is 60.5 Å². The van der Waals surface area contributed by atoms with Crippen molar-refractivity contribution in [3.8, 4) is 0 Å². The Kier molecular flexibility index (Phi) is 9.62. The molecule has 8 heteroatoms. The second-order valence-corrected chi connectivity index (χ2v) is 9.84. The highest BCUT2D eigenvalue weighted by Gasteiger charge is 2.26. The summed E-state index contributed by atoms with van der Waals surface area (Å²) in [4.78, 5) is 38.4. The lowest BCUT2D eigenvalue weighted by atomic mass is 10.0. The maximum atomic E-state index is 12.9. The van der Waals surface area contributed by atoms with Crippen LogP contribution in [0.3, 0.4) is 0 Å². The zero-order valence-electron chi connectivity index (χ0n) is 18.4. The summed E-state index contributed by atoms with van der Waals surface area (Å²) in [5, 5.41) is 5.78. The third-order valence-electron chi connectivity index (χ3n) is 5.20. The van der Waals surface area contributed by atoms with E-state index in [2.05, 4.69) is 22.8 Å².